The second kappa shape index (κ2) is 7.34. The van der Waals surface area contributed by atoms with Crippen LogP contribution in [0.1, 0.15) is 48.7 Å². The highest BCUT2D eigenvalue weighted by molar-refractivity contribution is 5.97. The SMILES string of the molecule is COc1cc2c(c(O)c1C/C=C(\C)CC(=O)C=C(C)C)C(=O)OC2. The van der Waals surface area contributed by atoms with Crippen LogP contribution >= 0.6 is 0 Å². The molecule has 0 saturated heterocycles. The maximum Gasteiger partial charge on any atom is 0.342 e. The number of ketones is 1. The number of hydrogen-bond acceptors (Lipinski definition) is 5. The summed E-state index contributed by atoms with van der Waals surface area (Å²) in [5.74, 6) is -0.0842. The molecule has 1 aromatic carbocycles. The lowest BCUT2D eigenvalue weighted by atomic mass is 9.99. The van der Waals surface area contributed by atoms with Gasteiger partial charge in [0.05, 0.1) is 7.11 Å². The largest absolute Gasteiger partial charge is 0.507 e. The lowest BCUT2D eigenvalue weighted by molar-refractivity contribution is -0.114. The van der Waals surface area contributed by atoms with Crippen LogP contribution in [0.2, 0.25) is 0 Å². The van der Waals surface area contributed by atoms with Crippen molar-refractivity contribution in [1.29, 1.82) is 0 Å². The molecule has 0 fully saturated rings. The highest BCUT2D eigenvalue weighted by Gasteiger charge is 2.29. The zero-order valence-electron chi connectivity index (χ0n) is 14.4. The molecular weight excluding hydrogens is 308 g/mol. The first kappa shape index (κ1) is 17.8. The van der Waals surface area contributed by atoms with Crippen molar-refractivity contribution in [1.82, 2.24) is 0 Å². The van der Waals surface area contributed by atoms with E-state index in [2.05, 4.69) is 0 Å². The number of phenols is 1. The number of hydrogen-bond donors (Lipinski definition) is 1. The second-order valence-corrected chi connectivity index (χ2v) is 6.14. The van der Waals surface area contributed by atoms with Crippen LogP contribution < -0.4 is 4.74 Å². The van der Waals surface area contributed by atoms with Gasteiger partial charge in [-0.2, -0.15) is 0 Å². The first-order chi connectivity index (χ1) is 11.3. The summed E-state index contributed by atoms with van der Waals surface area (Å²) in [6.07, 6.45) is 4.16. The Bertz CT molecular complexity index is 737. The molecule has 2 rings (SSSR count). The smallest absolute Gasteiger partial charge is 0.342 e. The van der Waals surface area contributed by atoms with Gasteiger partial charge in [-0.25, -0.2) is 4.79 Å². The molecule has 0 spiro atoms. The van der Waals surface area contributed by atoms with Crippen molar-refractivity contribution in [2.24, 2.45) is 0 Å². The molecule has 1 N–H and O–H groups in total. The van der Waals surface area contributed by atoms with E-state index in [4.69, 9.17) is 9.47 Å². The van der Waals surface area contributed by atoms with Gasteiger partial charge in [0.25, 0.3) is 0 Å². The maximum atomic E-state index is 11.8. The first-order valence-electron chi connectivity index (χ1n) is 7.75. The van der Waals surface area contributed by atoms with E-state index in [-0.39, 0.29) is 23.7 Å². The quantitative estimate of drug-likeness (QED) is 0.491. The Labute approximate surface area is 141 Å². The predicted octanol–water partition coefficient (Wildman–Crippen LogP) is 3.49. The van der Waals surface area contributed by atoms with Crippen LogP contribution in [0, 0.1) is 0 Å². The Morgan fingerprint density at radius 2 is 2.08 bits per heavy atom. The van der Waals surface area contributed by atoms with Gasteiger partial charge in [-0.1, -0.05) is 17.2 Å². The number of cyclic esters (lactones) is 1. The van der Waals surface area contributed by atoms with E-state index in [1.807, 2.05) is 26.8 Å². The van der Waals surface area contributed by atoms with E-state index in [0.29, 0.717) is 29.7 Å². The van der Waals surface area contributed by atoms with Gasteiger partial charge in [0.15, 0.2) is 5.78 Å². The summed E-state index contributed by atoms with van der Waals surface area (Å²) >= 11 is 0. The molecule has 0 atom stereocenters. The molecule has 0 amide bonds. The van der Waals surface area contributed by atoms with Gasteiger partial charge in [-0.05, 0) is 39.3 Å². The molecule has 0 unspecified atom stereocenters. The minimum Gasteiger partial charge on any atom is -0.507 e. The van der Waals surface area contributed by atoms with Gasteiger partial charge in [0.1, 0.15) is 23.7 Å². The number of carbonyl (C=O) groups is 2. The zero-order chi connectivity index (χ0) is 17.9. The monoisotopic (exact) mass is 330 g/mol. The zero-order valence-corrected chi connectivity index (χ0v) is 14.4. The van der Waals surface area contributed by atoms with Crippen LogP contribution in [-0.2, 0) is 22.6 Å². The van der Waals surface area contributed by atoms with Gasteiger partial charge in [-0.3, -0.25) is 4.79 Å². The van der Waals surface area contributed by atoms with Crippen molar-refractivity contribution in [2.75, 3.05) is 7.11 Å². The summed E-state index contributed by atoms with van der Waals surface area (Å²) in [5, 5.41) is 10.4. The molecule has 0 aliphatic carbocycles. The Morgan fingerprint density at radius 1 is 1.38 bits per heavy atom. The van der Waals surface area contributed by atoms with Crippen LogP contribution in [0.5, 0.6) is 11.5 Å². The molecule has 0 bridgehead atoms. The van der Waals surface area contributed by atoms with Crippen LogP contribution in [-0.4, -0.2) is 24.0 Å². The summed E-state index contributed by atoms with van der Waals surface area (Å²) in [6.45, 7) is 5.76. The summed E-state index contributed by atoms with van der Waals surface area (Å²) < 4.78 is 10.3. The summed E-state index contributed by atoms with van der Waals surface area (Å²) in [7, 11) is 1.51. The van der Waals surface area contributed by atoms with Crippen molar-refractivity contribution >= 4 is 11.8 Å². The molecule has 24 heavy (non-hydrogen) atoms. The van der Waals surface area contributed by atoms with Crippen LogP contribution in [0.25, 0.3) is 0 Å². The molecular formula is C19H22O5. The molecule has 1 aliphatic rings. The summed E-state index contributed by atoms with van der Waals surface area (Å²) in [5.41, 5.74) is 3.20. The molecule has 0 saturated carbocycles. The van der Waals surface area contributed by atoms with Crippen LogP contribution in [0.4, 0.5) is 0 Å². The fourth-order valence-corrected chi connectivity index (χ4v) is 2.67. The van der Waals surface area contributed by atoms with E-state index in [1.165, 1.54) is 7.11 Å². The van der Waals surface area contributed by atoms with E-state index in [1.54, 1.807) is 12.1 Å². The van der Waals surface area contributed by atoms with Crippen molar-refractivity contribution in [3.8, 4) is 11.5 Å². The van der Waals surface area contributed by atoms with Gasteiger partial charge in [0, 0.05) is 17.5 Å². The van der Waals surface area contributed by atoms with Crippen molar-refractivity contribution in [2.45, 2.75) is 40.2 Å². The molecule has 1 heterocycles. The number of aromatic hydroxyl groups is 1. The minimum atomic E-state index is -0.522. The van der Waals surface area contributed by atoms with Crippen molar-refractivity contribution in [3.63, 3.8) is 0 Å². The van der Waals surface area contributed by atoms with E-state index >= 15 is 0 Å². The third kappa shape index (κ3) is 3.85. The fourth-order valence-electron chi connectivity index (χ4n) is 2.67. The average molecular weight is 330 g/mol. The number of benzene rings is 1. The standard InChI is InChI=1S/C19H22O5/c1-11(2)7-14(20)8-12(3)5-6-15-16(23-4)9-13-10-24-19(22)17(13)18(15)21/h5,7,9,21H,6,8,10H2,1-4H3/b12-5+. The molecule has 5 heteroatoms. The van der Waals surface area contributed by atoms with Gasteiger partial charge < -0.3 is 14.6 Å². The maximum absolute atomic E-state index is 11.8. The number of fused-ring (bicyclic) bond motifs is 1. The topological polar surface area (TPSA) is 72.8 Å². The number of rotatable bonds is 6. The van der Waals surface area contributed by atoms with Crippen molar-refractivity contribution in [3.05, 3.63) is 46.1 Å². The van der Waals surface area contributed by atoms with Crippen molar-refractivity contribution < 1.29 is 24.2 Å². The number of ether oxygens (including phenoxy) is 2. The summed E-state index contributed by atoms with van der Waals surface area (Å²) in [4.78, 5) is 23.5. The summed E-state index contributed by atoms with van der Waals surface area (Å²) in [6, 6.07) is 1.72. The lowest BCUT2D eigenvalue weighted by Gasteiger charge is -2.12. The molecule has 0 radical (unpaired) electrons. The highest BCUT2D eigenvalue weighted by Crippen LogP contribution is 2.38. The molecule has 0 aromatic heterocycles. The van der Waals surface area contributed by atoms with Crippen LogP contribution in [0.3, 0.4) is 0 Å². The normalized spacial score (nSPS) is 13.3. The molecule has 1 aromatic rings. The second-order valence-electron chi connectivity index (χ2n) is 6.14. The third-order valence-electron chi connectivity index (χ3n) is 3.79. The van der Waals surface area contributed by atoms with Gasteiger partial charge in [0.2, 0.25) is 0 Å². The number of carbonyl (C=O) groups excluding carboxylic acids is 2. The average Bonchev–Trinajstić information content (AvgIpc) is 2.86. The van der Waals surface area contributed by atoms with E-state index in [0.717, 1.165) is 11.1 Å². The van der Waals surface area contributed by atoms with Gasteiger partial charge >= 0.3 is 5.97 Å². The fraction of sp³-hybridized carbons (Fsp3) is 0.368. The number of methoxy groups -OCH3 is 1. The lowest BCUT2D eigenvalue weighted by Crippen LogP contribution is -2.00. The van der Waals surface area contributed by atoms with E-state index in [9.17, 15) is 14.7 Å². The van der Waals surface area contributed by atoms with E-state index < -0.39 is 5.97 Å². The molecule has 5 nitrogen and oxygen atoms in total. The Morgan fingerprint density at radius 3 is 2.71 bits per heavy atom. The molecule has 128 valence electrons. The minimum absolute atomic E-state index is 0.0393. The third-order valence-corrected chi connectivity index (χ3v) is 3.79. The highest BCUT2D eigenvalue weighted by atomic mass is 16.5. The van der Waals surface area contributed by atoms with Crippen LogP contribution in [0.15, 0.2) is 29.4 Å². The number of allylic oxidation sites excluding steroid dienone is 4. The Kier molecular flexibility index (Phi) is 5.44. The first-order valence-corrected chi connectivity index (χ1v) is 7.75. The van der Waals surface area contributed by atoms with Gasteiger partial charge in [-0.15, -0.1) is 0 Å². The Hall–Kier alpha value is -2.56. The number of esters is 1. The molecule has 1 aliphatic heterocycles. The predicted molar refractivity (Wildman–Crippen MR) is 90.3 cm³/mol. The Balaban J connectivity index is 2.25. The number of phenolic OH excluding ortho intramolecular Hbond substituents is 1.